The van der Waals surface area contributed by atoms with E-state index < -0.39 is 6.10 Å². The number of aliphatic hydroxyl groups excluding tert-OH is 1. The number of nitrogens with zero attached hydrogens (tertiary/aromatic N) is 2. The maximum absolute atomic E-state index is 9.91. The lowest BCUT2D eigenvalue weighted by atomic mass is 10.2. The second-order valence-electron chi connectivity index (χ2n) is 5.29. The zero-order chi connectivity index (χ0) is 19.3. The molecule has 0 aromatic heterocycles. The SMILES string of the molecule is Oc1c(Cl)cc(Cl)cc1C=NCC(O)CN=Cc1cc(Cl)cc(Cl)c1O. The first-order chi connectivity index (χ1) is 12.3. The average Bonchev–Trinajstić information content (AvgIpc) is 2.56. The van der Waals surface area contributed by atoms with E-state index in [0.29, 0.717) is 21.2 Å². The number of hydrogen-bond donors (Lipinski definition) is 3. The summed E-state index contributed by atoms with van der Waals surface area (Å²) in [5, 5.41) is 30.5. The fourth-order valence-corrected chi connectivity index (χ4v) is 2.99. The minimum absolute atomic E-state index is 0.0448. The molecule has 3 N–H and O–H groups in total. The van der Waals surface area contributed by atoms with Crippen LogP contribution in [0.25, 0.3) is 0 Å². The van der Waals surface area contributed by atoms with Crippen LogP contribution in [0.3, 0.4) is 0 Å². The van der Waals surface area contributed by atoms with E-state index in [9.17, 15) is 15.3 Å². The first-order valence-corrected chi connectivity index (χ1v) is 8.83. The van der Waals surface area contributed by atoms with Crippen molar-refractivity contribution < 1.29 is 15.3 Å². The van der Waals surface area contributed by atoms with Crippen molar-refractivity contribution in [3.05, 3.63) is 55.5 Å². The van der Waals surface area contributed by atoms with E-state index in [2.05, 4.69) is 9.98 Å². The minimum atomic E-state index is -0.865. The van der Waals surface area contributed by atoms with Gasteiger partial charge in [0.25, 0.3) is 0 Å². The van der Waals surface area contributed by atoms with Crippen molar-refractivity contribution in [1.29, 1.82) is 0 Å². The Morgan fingerprint density at radius 1 is 0.769 bits per heavy atom. The summed E-state index contributed by atoms with van der Waals surface area (Å²) >= 11 is 23.4. The van der Waals surface area contributed by atoms with Crippen LogP contribution in [0.1, 0.15) is 11.1 Å². The first-order valence-electron chi connectivity index (χ1n) is 7.31. The highest BCUT2D eigenvalue weighted by Crippen LogP contribution is 2.30. The number of benzene rings is 2. The molecule has 0 atom stereocenters. The summed E-state index contributed by atoms with van der Waals surface area (Å²) in [6.45, 7) is 0.0897. The Morgan fingerprint density at radius 3 is 1.54 bits per heavy atom. The molecule has 5 nitrogen and oxygen atoms in total. The zero-order valence-corrected chi connectivity index (χ0v) is 16.2. The molecule has 9 heteroatoms. The molecule has 0 radical (unpaired) electrons. The van der Waals surface area contributed by atoms with Crippen molar-refractivity contribution in [2.75, 3.05) is 13.1 Å². The van der Waals surface area contributed by atoms with Crippen molar-refractivity contribution in [3.8, 4) is 11.5 Å². The van der Waals surface area contributed by atoms with E-state index in [-0.39, 0.29) is 34.6 Å². The van der Waals surface area contributed by atoms with Gasteiger partial charge in [0.05, 0.1) is 29.2 Å². The molecule has 138 valence electrons. The molecule has 0 aliphatic carbocycles. The summed E-state index contributed by atoms with van der Waals surface area (Å²) in [5.74, 6) is -0.277. The van der Waals surface area contributed by atoms with Crippen LogP contribution in [-0.2, 0) is 0 Å². The third-order valence-corrected chi connectivity index (χ3v) is 4.22. The van der Waals surface area contributed by atoms with Gasteiger partial charge in [0.15, 0.2) is 0 Å². The predicted molar refractivity (Wildman–Crippen MR) is 107 cm³/mol. The Labute approximate surface area is 170 Å². The molecule has 0 heterocycles. The van der Waals surface area contributed by atoms with Crippen molar-refractivity contribution in [1.82, 2.24) is 0 Å². The summed E-state index contributed by atoms with van der Waals surface area (Å²) in [4.78, 5) is 8.08. The molecule has 26 heavy (non-hydrogen) atoms. The lowest BCUT2D eigenvalue weighted by molar-refractivity contribution is 0.193. The lowest BCUT2D eigenvalue weighted by Crippen LogP contribution is -2.15. The molecule has 0 fully saturated rings. The van der Waals surface area contributed by atoms with Crippen molar-refractivity contribution in [2.24, 2.45) is 9.98 Å². The summed E-state index contributed by atoms with van der Waals surface area (Å²) < 4.78 is 0. The van der Waals surface area contributed by atoms with E-state index in [1.807, 2.05) is 0 Å². The van der Waals surface area contributed by atoms with Gasteiger partial charge in [-0.15, -0.1) is 0 Å². The molecule has 2 rings (SSSR count). The van der Waals surface area contributed by atoms with Gasteiger partial charge in [-0.05, 0) is 24.3 Å². The minimum Gasteiger partial charge on any atom is -0.506 e. The van der Waals surface area contributed by atoms with Gasteiger partial charge < -0.3 is 15.3 Å². The van der Waals surface area contributed by atoms with Crippen molar-refractivity contribution in [3.63, 3.8) is 0 Å². The van der Waals surface area contributed by atoms with Gasteiger partial charge in [-0.3, -0.25) is 9.98 Å². The molecule has 2 aromatic rings. The van der Waals surface area contributed by atoms with Gasteiger partial charge in [-0.2, -0.15) is 0 Å². The second-order valence-corrected chi connectivity index (χ2v) is 6.98. The Morgan fingerprint density at radius 2 is 1.15 bits per heavy atom. The number of aliphatic hydroxyl groups is 1. The molecule has 0 saturated carbocycles. The Balaban J connectivity index is 1.95. The number of hydrogen-bond acceptors (Lipinski definition) is 5. The standard InChI is InChI=1S/C17H14Cl4N2O3/c18-11-1-9(16(25)14(20)3-11)5-22-7-13(24)8-23-6-10-2-12(19)4-15(21)17(10)26/h1-6,13,24-26H,7-8H2. The quantitative estimate of drug-likeness (QED) is 0.579. The van der Waals surface area contributed by atoms with Gasteiger partial charge >= 0.3 is 0 Å². The number of aliphatic imine (C=N–C) groups is 2. The summed E-state index contributed by atoms with van der Waals surface area (Å²) in [6, 6.07) is 5.83. The van der Waals surface area contributed by atoms with Crippen molar-refractivity contribution in [2.45, 2.75) is 6.10 Å². The maximum atomic E-state index is 9.91. The van der Waals surface area contributed by atoms with Gasteiger partial charge in [-0.25, -0.2) is 0 Å². The Kier molecular flexibility index (Phi) is 7.55. The van der Waals surface area contributed by atoms with E-state index in [0.717, 1.165) is 0 Å². The van der Waals surface area contributed by atoms with E-state index in [1.165, 1.54) is 36.7 Å². The largest absolute Gasteiger partial charge is 0.506 e. The molecular weight excluding hydrogens is 422 g/mol. The van der Waals surface area contributed by atoms with Crippen LogP contribution in [0.4, 0.5) is 0 Å². The van der Waals surface area contributed by atoms with Gasteiger partial charge in [-0.1, -0.05) is 46.4 Å². The molecule has 0 aliphatic rings. The van der Waals surface area contributed by atoms with E-state index in [4.69, 9.17) is 46.4 Å². The molecule has 0 unspecified atom stereocenters. The number of phenols is 2. The third-order valence-electron chi connectivity index (χ3n) is 3.21. The summed E-state index contributed by atoms with van der Waals surface area (Å²) in [6.07, 6.45) is 1.86. The molecule has 0 spiro atoms. The van der Waals surface area contributed by atoms with Gasteiger partial charge in [0.2, 0.25) is 0 Å². The summed E-state index contributed by atoms with van der Waals surface area (Å²) in [7, 11) is 0. The fraction of sp³-hybridized carbons (Fsp3) is 0.176. The second kappa shape index (κ2) is 9.44. The van der Waals surface area contributed by atoms with Crippen LogP contribution in [0.2, 0.25) is 20.1 Å². The van der Waals surface area contributed by atoms with Crippen LogP contribution in [0.5, 0.6) is 11.5 Å². The number of halogens is 4. The van der Waals surface area contributed by atoms with Gasteiger partial charge in [0, 0.05) is 33.6 Å². The average molecular weight is 436 g/mol. The molecular formula is C17H14Cl4N2O3. The lowest BCUT2D eigenvalue weighted by Gasteiger charge is -2.05. The van der Waals surface area contributed by atoms with Crippen molar-refractivity contribution >= 4 is 58.8 Å². The highest BCUT2D eigenvalue weighted by Gasteiger charge is 2.08. The maximum Gasteiger partial charge on any atom is 0.143 e. The molecule has 0 saturated heterocycles. The fourth-order valence-electron chi connectivity index (χ4n) is 1.97. The topological polar surface area (TPSA) is 85.4 Å². The third kappa shape index (κ3) is 5.76. The van der Waals surface area contributed by atoms with Gasteiger partial charge in [0.1, 0.15) is 11.5 Å². The van der Waals surface area contributed by atoms with Crippen LogP contribution < -0.4 is 0 Å². The number of aromatic hydroxyl groups is 2. The highest BCUT2D eigenvalue weighted by atomic mass is 35.5. The van der Waals surface area contributed by atoms with Crippen LogP contribution in [0.15, 0.2) is 34.3 Å². The van der Waals surface area contributed by atoms with E-state index >= 15 is 0 Å². The van der Waals surface area contributed by atoms with Crippen LogP contribution in [-0.4, -0.2) is 46.9 Å². The molecule has 0 aliphatic heterocycles. The van der Waals surface area contributed by atoms with Crippen LogP contribution in [0, 0.1) is 0 Å². The predicted octanol–water partition coefficient (Wildman–Crippen LogP) is 4.61. The van der Waals surface area contributed by atoms with E-state index in [1.54, 1.807) is 0 Å². The van der Waals surface area contributed by atoms with Crippen LogP contribution >= 0.6 is 46.4 Å². The Hall–Kier alpha value is -1.50. The zero-order valence-electron chi connectivity index (χ0n) is 13.2. The molecule has 0 bridgehead atoms. The highest BCUT2D eigenvalue weighted by molar-refractivity contribution is 6.36. The number of rotatable bonds is 6. The molecule has 0 amide bonds. The Bertz CT molecular complexity index is 787. The molecule has 2 aromatic carbocycles. The summed E-state index contributed by atoms with van der Waals surface area (Å²) in [5.41, 5.74) is 0.688. The number of phenolic OH excluding ortho intramolecular Hbond substituents is 2. The monoisotopic (exact) mass is 434 g/mol. The first kappa shape index (κ1) is 20.8. The smallest absolute Gasteiger partial charge is 0.143 e. The normalized spacial score (nSPS) is 13.0.